The highest BCUT2D eigenvalue weighted by Gasteiger charge is 2.06. The lowest BCUT2D eigenvalue weighted by Crippen LogP contribution is -2.39. The summed E-state index contributed by atoms with van der Waals surface area (Å²) in [6, 6.07) is 13.6. The number of para-hydroxylation sites is 1. The summed E-state index contributed by atoms with van der Waals surface area (Å²) in [4.78, 5) is 8.48. The monoisotopic (exact) mass is 486 g/mol. The second-order valence-electron chi connectivity index (χ2n) is 5.32. The van der Waals surface area contributed by atoms with Gasteiger partial charge in [0.15, 0.2) is 5.96 Å². The zero-order valence-corrected chi connectivity index (χ0v) is 18.0. The lowest BCUT2D eigenvalue weighted by Gasteiger charge is -2.14. The highest BCUT2D eigenvalue weighted by Crippen LogP contribution is 2.13. The van der Waals surface area contributed by atoms with Crippen molar-refractivity contribution < 1.29 is 14.2 Å². The molecule has 2 aromatic rings. The molecule has 2 N–H and O–H groups in total. The van der Waals surface area contributed by atoms with E-state index in [0.717, 1.165) is 11.3 Å². The molecule has 0 spiro atoms. The largest absolute Gasteiger partial charge is 0.492 e. The minimum Gasteiger partial charge on any atom is -0.492 e. The number of guanidine groups is 1. The Hall–Kier alpha value is -2.07. The second kappa shape index (κ2) is 14.0. The maximum absolute atomic E-state index is 5.65. The van der Waals surface area contributed by atoms with Gasteiger partial charge in [0.2, 0.25) is 5.88 Å². The summed E-state index contributed by atoms with van der Waals surface area (Å²) in [5, 5.41) is 6.46. The van der Waals surface area contributed by atoms with Crippen molar-refractivity contribution >= 4 is 29.9 Å². The van der Waals surface area contributed by atoms with Gasteiger partial charge in [0.25, 0.3) is 0 Å². The Morgan fingerprint density at radius 3 is 2.56 bits per heavy atom. The van der Waals surface area contributed by atoms with E-state index in [1.807, 2.05) is 42.5 Å². The molecule has 0 aliphatic carbocycles. The molecule has 0 saturated carbocycles. The van der Waals surface area contributed by atoms with Crippen molar-refractivity contribution in [2.45, 2.75) is 6.54 Å². The Kier molecular flexibility index (Phi) is 11.9. The van der Waals surface area contributed by atoms with E-state index in [1.54, 1.807) is 20.4 Å². The molecule has 0 amide bonds. The number of halogens is 1. The van der Waals surface area contributed by atoms with Crippen molar-refractivity contribution in [2.24, 2.45) is 4.99 Å². The molecule has 0 bridgehead atoms. The van der Waals surface area contributed by atoms with Gasteiger partial charge < -0.3 is 24.8 Å². The van der Waals surface area contributed by atoms with E-state index in [2.05, 4.69) is 20.6 Å². The van der Waals surface area contributed by atoms with E-state index in [9.17, 15) is 0 Å². The number of pyridine rings is 1. The minimum atomic E-state index is 0. The first-order valence-corrected chi connectivity index (χ1v) is 8.51. The first kappa shape index (κ1) is 23.0. The van der Waals surface area contributed by atoms with Crippen LogP contribution in [0.4, 0.5) is 0 Å². The number of rotatable bonds is 10. The van der Waals surface area contributed by atoms with E-state index in [1.165, 1.54) is 0 Å². The van der Waals surface area contributed by atoms with Gasteiger partial charge in [-0.1, -0.05) is 24.3 Å². The summed E-state index contributed by atoms with van der Waals surface area (Å²) in [5.74, 6) is 2.14. The SMILES string of the molecule is CN=C(NCCOc1ccccc1)NCc1cccnc1OCCOC.I. The quantitative estimate of drug-likeness (QED) is 0.233. The fourth-order valence-corrected chi connectivity index (χ4v) is 2.16. The second-order valence-corrected chi connectivity index (χ2v) is 5.32. The van der Waals surface area contributed by atoms with Crippen LogP contribution >= 0.6 is 24.0 Å². The Labute approximate surface area is 177 Å². The first-order chi connectivity index (χ1) is 12.8. The summed E-state index contributed by atoms with van der Waals surface area (Å²) in [5.41, 5.74) is 0.951. The Morgan fingerprint density at radius 2 is 1.81 bits per heavy atom. The smallest absolute Gasteiger partial charge is 0.218 e. The highest BCUT2D eigenvalue weighted by molar-refractivity contribution is 14.0. The van der Waals surface area contributed by atoms with Crippen molar-refractivity contribution in [1.82, 2.24) is 15.6 Å². The lowest BCUT2D eigenvalue weighted by molar-refractivity contribution is 0.143. The molecular formula is C19H27IN4O3. The summed E-state index contributed by atoms with van der Waals surface area (Å²) in [6.45, 7) is 2.72. The van der Waals surface area contributed by atoms with Gasteiger partial charge in [-0.3, -0.25) is 4.99 Å². The third kappa shape index (κ3) is 8.91. The van der Waals surface area contributed by atoms with Gasteiger partial charge in [-0.25, -0.2) is 4.98 Å². The topological polar surface area (TPSA) is 77.0 Å². The molecule has 2 rings (SSSR count). The molecule has 0 radical (unpaired) electrons. The predicted octanol–water partition coefficient (Wildman–Crippen LogP) is 2.47. The van der Waals surface area contributed by atoms with Gasteiger partial charge in [-0.05, 0) is 18.2 Å². The number of hydrogen-bond donors (Lipinski definition) is 2. The first-order valence-electron chi connectivity index (χ1n) is 8.51. The molecule has 0 atom stereocenters. The van der Waals surface area contributed by atoms with Gasteiger partial charge in [-0.15, -0.1) is 24.0 Å². The van der Waals surface area contributed by atoms with Crippen molar-refractivity contribution in [2.75, 3.05) is 40.5 Å². The molecule has 1 heterocycles. The summed E-state index contributed by atoms with van der Waals surface area (Å²) < 4.78 is 16.3. The van der Waals surface area contributed by atoms with Gasteiger partial charge >= 0.3 is 0 Å². The Balaban J connectivity index is 0.00000364. The molecule has 0 fully saturated rings. The molecule has 0 aliphatic heterocycles. The predicted molar refractivity (Wildman–Crippen MR) is 117 cm³/mol. The van der Waals surface area contributed by atoms with Crippen molar-refractivity contribution in [3.8, 4) is 11.6 Å². The number of hydrogen-bond acceptors (Lipinski definition) is 5. The molecule has 27 heavy (non-hydrogen) atoms. The molecule has 1 aromatic carbocycles. The number of ether oxygens (including phenoxy) is 3. The van der Waals surface area contributed by atoms with Crippen LogP contribution in [0.2, 0.25) is 0 Å². The molecule has 7 nitrogen and oxygen atoms in total. The average Bonchev–Trinajstić information content (AvgIpc) is 2.69. The number of benzene rings is 1. The molecule has 8 heteroatoms. The Morgan fingerprint density at radius 1 is 1.00 bits per heavy atom. The molecule has 0 unspecified atom stereocenters. The zero-order chi connectivity index (χ0) is 18.5. The van der Waals surface area contributed by atoms with Crippen LogP contribution in [0.3, 0.4) is 0 Å². The van der Waals surface area contributed by atoms with Crippen molar-refractivity contribution in [3.05, 3.63) is 54.2 Å². The molecule has 0 saturated heterocycles. The van der Waals surface area contributed by atoms with Gasteiger partial charge in [0, 0.05) is 32.5 Å². The summed E-state index contributed by atoms with van der Waals surface area (Å²) in [7, 11) is 3.37. The van der Waals surface area contributed by atoms with Crippen LogP contribution in [0.5, 0.6) is 11.6 Å². The van der Waals surface area contributed by atoms with Crippen LogP contribution in [-0.4, -0.2) is 51.5 Å². The lowest BCUT2D eigenvalue weighted by atomic mass is 10.2. The maximum atomic E-state index is 5.65. The van der Waals surface area contributed by atoms with E-state index in [4.69, 9.17) is 14.2 Å². The van der Waals surface area contributed by atoms with Crippen LogP contribution in [0.1, 0.15) is 5.56 Å². The molecule has 0 aliphatic rings. The van der Waals surface area contributed by atoms with E-state index in [-0.39, 0.29) is 24.0 Å². The average molecular weight is 486 g/mol. The number of nitrogens with zero attached hydrogens (tertiary/aromatic N) is 2. The van der Waals surface area contributed by atoms with E-state index < -0.39 is 0 Å². The van der Waals surface area contributed by atoms with Crippen molar-refractivity contribution in [1.29, 1.82) is 0 Å². The normalized spacial score (nSPS) is 10.7. The van der Waals surface area contributed by atoms with Crippen LogP contribution in [-0.2, 0) is 11.3 Å². The minimum absolute atomic E-state index is 0. The summed E-state index contributed by atoms with van der Waals surface area (Å²) in [6.07, 6.45) is 1.71. The third-order valence-corrected chi connectivity index (χ3v) is 3.45. The maximum Gasteiger partial charge on any atom is 0.218 e. The van der Waals surface area contributed by atoms with Crippen LogP contribution in [0, 0.1) is 0 Å². The highest BCUT2D eigenvalue weighted by atomic mass is 127. The molecular weight excluding hydrogens is 459 g/mol. The van der Waals surface area contributed by atoms with Crippen LogP contribution in [0.25, 0.3) is 0 Å². The van der Waals surface area contributed by atoms with Gasteiger partial charge in [0.1, 0.15) is 19.0 Å². The van der Waals surface area contributed by atoms with E-state index >= 15 is 0 Å². The fraction of sp³-hybridized carbons (Fsp3) is 0.368. The number of aromatic nitrogens is 1. The fourth-order valence-electron chi connectivity index (χ4n) is 2.16. The number of methoxy groups -OCH3 is 1. The zero-order valence-electron chi connectivity index (χ0n) is 15.7. The van der Waals surface area contributed by atoms with Crippen LogP contribution in [0.15, 0.2) is 53.7 Å². The standard InChI is InChI=1S/C19H26N4O3.HI/c1-20-19(22-11-12-25-17-8-4-3-5-9-17)23-15-16-7-6-10-21-18(16)26-14-13-24-2;/h3-10H,11-15H2,1-2H3,(H2,20,22,23);1H. The Bertz CT molecular complexity index is 671. The van der Waals surface area contributed by atoms with Gasteiger partial charge in [-0.2, -0.15) is 0 Å². The summed E-state index contributed by atoms with van der Waals surface area (Å²) >= 11 is 0. The van der Waals surface area contributed by atoms with Crippen LogP contribution < -0.4 is 20.1 Å². The molecule has 148 valence electrons. The molecule has 1 aromatic heterocycles. The van der Waals surface area contributed by atoms with Gasteiger partial charge in [0.05, 0.1) is 13.2 Å². The number of nitrogens with one attached hydrogen (secondary N) is 2. The number of aliphatic imine (C=N–C) groups is 1. The third-order valence-electron chi connectivity index (χ3n) is 3.45. The van der Waals surface area contributed by atoms with Crippen molar-refractivity contribution in [3.63, 3.8) is 0 Å². The van der Waals surface area contributed by atoms with E-state index in [0.29, 0.717) is 44.7 Å².